The summed E-state index contributed by atoms with van der Waals surface area (Å²) in [6, 6.07) is 0.974. The second-order valence-electron chi connectivity index (χ2n) is 2.67. The van der Waals surface area contributed by atoms with Gasteiger partial charge >= 0.3 is 6.18 Å². The molecule has 14 heavy (non-hydrogen) atoms. The van der Waals surface area contributed by atoms with Gasteiger partial charge in [-0.3, -0.25) is 4.98 Å². The van der Waals surface area contributed by atoms with E-state index in [4.69, 9.17) is 17.3 Å². The molecule has 6 heteroatoms. The number of alkyl halides is 4. The minimum atomic E-state index is -4.39. The molecule has 0 aliphatic rings. The summed E-state index contributed by atoms with van der Waals surface area (Å²) in [5, 5.41) is 0. The van der Waals surface area contributed by atoms with E-state index in [0.717, 1.165) is 12.3 Å². The van der Waals surface area contributed by atoms with Gasteiger partial charge < -0.3 is 5.73 Å². The van der Waals surface area contributed by atoms with Crippen LogP contribution in [0.1, 0.15) is 16.8 Å². The molecule has 0 saturated carbocycles. The van der Waals surface area contributed by atoms with Gasteiger partial charge in [-0.25, -0.2) is 0 Å². The first kappa shape index (κ1) is 11.3. The van der Waals surface area contributed by atoms with Crippen molar-refractivity contribution >= 4 is 11.6 Å². The molecule has 0 fully saturated rings. The van der Waals surface area contributed by atoms with Crippen molar-refractivity contribution in [1.82, 2.24) is 4.98 Å². The average molecular weight is 225 g/mol. The number of rotatable bonds is 2. The summed E-state index contributed by atoms with van der Waals surface area (Å²) in [5.74, 6) is -0.0244. The van der Waals surface area contributed by atoms with Gasteiger partial charge in [0.1, 0.15) is 0 Å². The first-order valence-corrected chi connectivity index (χ1v) is 4.33. The topological polar surface area (TPSA) is 38.9 Å². The second-order valence-corrected chi connectivity index (χ2v) is 2.93. The molecular weight excluding hydrogens is 217 g/mol. The number of hydrogen-bond donors (Lipinski definition) is 1. The van der Waals surface area contributed by atoms with Gasteiger partial charge in [-0.05, 0) is 11.6 Å². The van der Waals surface area contributed by atoms with Crippen molar-refractivity contribution in [3.63, 3.8) is 0 Å². The van der Waals surface area contributed by atoms with Crippen LogP contribution in [0.3, 0.4) is 0 Å². The summed E-state index contributed by atoms with van der Waals surface area (Å²) in [4.78, 5) is 3.60. The van der Waals surface area contributed by atoms with Crippen LogP contribution in [0, 0.1) is 0 Å². The monoisotopic (exact) mass is 224 g/mol. The van der Waals surface area contributed by atoms with Crippen LogP contribution in [0.15, 0.2) is 12.3 Å². The summed E-state index contributed by atoms with van der Waals surface area (Å²) in [6.45, 7) is 0.0835. The number of halogens is 4. The zero-order valence-electron chi connectivity index (χ0n) is 7.11. The lowest BCUT2D eigenvalue weighted by Gasteiger charge is -2.09. The van der Waals surface area contributed by atoms with Crippen LogP contribution in [-0.4, -0.2) is 4.98 Å². The van der Waals surface area contributed by atoms with Crippen LogP contribution >= 0.6 is 11.6 Å². The van der Waals surface area contributed by atoms with Crippen molar-refractivity contribution in [1.29, 1.82) is 0 Å². The third kappa shape index (κ3) is 2.36. The van der Waals surface area contributed by atoms with E-state index in [-0.39, 0.29) is 12.4 Å². The van der Waals surface area contributed by atoms with Gasteiger partial charge in [-0.15, -0.1) is 11.6 Å². The molecule has 2 N–H and O–H groups in total. The lowest BCUT2D eigenvalue weighted by molar-refractivity contribution is -0.137. The summed E-state index contributed by atoms with van der Waals surface area (Å²) in [7, 11) is 0. The molecule has 0 spiro atoms. The molecule has 78 valence electrons. The van der Waals surface area contributed by atoms with E-state index < -0.39 is 11.7 Å². The molecule has 0 radical (unpaired) electrons. The van der Waals surface area contributed by atoms with E-state index in [1.54, 1.807) is 0 Å². The van der Waals surface area contributed by atoms with Crippen LogP contribution in [0.25, 0.3) is 0 Å². The molecule has 2 nitrogen and oxygen atoms in total. The number of hydrogen-bond acceptors (Lipinski definition) is 2. The van der Waals surface area contributed by atoms with Crippen molar-refractivity contribution in [2.24, 2.45) is 5.73 Å². The Labute approximate surface area is 83.9 Å². The van der Waals surface area contributed by atoms with E-state index >= 15 is 0 Å². The molecule has 0 atom stereocenters. The summed E-state index contributed by atoms with van der Waals surface area (Å²) in [5.41, 5.74) is 5.20. The first-order valence-electron chi connectivity index (χ1n) is 3.80. The number of nitrogens with zero attached hydrogens (tertiary/aromatic N) is 1. The van der Waals surface area contributed by atoms with E-state index in [0.29, 0.717) is 11.3 Å². The Morgan fingerprint density at radius 3 is 2.50 bits per heavy atom. The molecule has 0 amide bonds. The summed E-state index contributed by atoms with van der Waals surface area (Å²) >= 11 is 5.47. The van der Waals surface area contributed by atoms with E-state index in [9.17, 15) is 13.2 Å². The van der Waals surface area contributed by atoms with Crippen LogP contribution < -0.4 is 5.73 Å². The smallest absolute Gasteiger partial charge is 0.325 e. The number of aromatic nitrogens is 1. The van der Waals surface area contributed by atoms with Gasteiger partial charge in [-0.1, -0.05) is 0 Å². The molecule has 0 aliphatic carbocycles. The molecular formula is C8H8ClF3N2. The van der Waals surface area contributed by atoms with Gasteiger partial charge in [0.25, 0.3) is 0 Å². The molecule has 1 rings (SSSR count). The minimum absolute atomic E-state index is 0.0244. The highest BCUT2D eigenvalue weighted by molar-refractivity contribution is 6.17. The number of pyridine rings is 1. The second kappa shape index (κ2) is 4.14. The Morgan fingerprint density at radius 2 is 2.07 bits per heavy atom. The maximum absolute atomic E-state index is 12.2. The van der Waals surface area contributed by atoms with Gasteiger partial charge in [0.15, 0.2) is 0 Å². The maximum Gasteiger partial charge on any atom is 0.417 e. The quantitative estimate of drug-likeness (QED) is 0.783. The SMILES string of the molecule is NCc1ncc(C(F)(F)F)cc1CCl. The standard InChI is InChI=1S/C8H8ClF3N2/c9-2-5-1-6(8(10,11)12)4-14-7(5)3-13/h1,4H,2-3,13H2. The zero-order chi connectivity index (χ0) is 10.8. The molecule has 1 aromatic heterocycles. The largest absolute Gasteiger partial charge is 0.417 e. The van der Waals surface area contributed by atoms with Crippen molar-refractivity contribution in [3.05, 3.63) is 29.1 Å². The Bertz CT molecular complexity index is 325. The predicted molar refractivity (Wildman–Crippen MR) is 46.7 cm³/mol. The average Bonchev–Trinajstić information content (AvgIpc) is 2.15. The fourth-order valence-electron chi connectivity index (χ4n) is 0.993. The molecule has 1 heterocycles. The Kier molecular flexibility index (Phi) is 3.34. The third-order valence-electron chi connectivity index (χ3n) is 1.72. The number of nitrogens with two attached hydrogens (primary N) is 1. The van der Waals surface area contributed by atoms with E-state index in [1.165, 1.54) is 0 Å². The fourth-order valence-corrected chi connectivity index (χ4v) is 1.22. The lowest BCUT2D eigenvalue weighted by atomic mass is 10.1. The maximum atomic E-state index is 12.2. The predicted octanol–water partition coefficient (Wildman–Crippen LogP) is 2.30. The summed E-state index contributed by atoms with van der Waals surface area (Å²) in [6.07, 6.45) is -3.63. The Hall–Kier alpha value is -0.810. The highest BCUT2D eigenvalue weighted by Gasteiger charge is 2.31. The third-order valence-corrected chi connectivity index (χ3v) is 2.01. The molecule has 0 aliphatic heterocycles. The lowest BCUT2D eigenvalue weighted by Crippen LogP contribution is -2.10. The first-order chi connectivity index (χ1) is 6.49. The molecule has 0 aromatic carbocycles. The van der Waals surface area contributed by atoms with Gasteiger partial charge in [0, 0.05) is 18.6 Å². The minimum Gasteiger partial charge on any atom is -0.325 e. The molecule has 0 saturated heterocycles. The van der Waals surface area contributed by atoms with E-state index in [1.807, 2.05) is 0 Å². The highest BCUT2D eigenvalue weighted by atomic mass is 35.5. The molecule has 1 aromatic rings. The Balaban J connectivity index is 3.14. The van der Waals surface area contributed by atoms with Gasteiger partial charge in [0.05, 0.1) is 11.3 Å². The van der Waals surface area contributed by atoms with Crippen molar-refractivity contribution in [3.8, 4) is 0 Å². The van der Waals surface area contributed by atoms with Gasteiger partial charge in [-0.2, -0.15) is 13.2 Å². The van der Waals surface area contributed by atoms with Crippen LogP contribution in [0.2, 0.25) is 0 Å². The van der Waals surface area contributed by atoms with Crippen LogP contribution in [0.4, 0.5) is 13.2 Å². The van der Waals surface area contributed by atoms with E-state index in [2.05, 4.69) is 4.98 Å². The Morgan fingerprint density at radius 1 is 1.43 bits per heavy atom. The van der Waals surface area contributed by atoms with Crippen LogP contribution in [-0.2, 0) is 18.6 Å². The van der Waals surface area contributed by atoms with Gasteiger partial charge in [0.2, 0.25) is 0 Å². The fraction of sp³-hybridized carbons (Fsp3) is 0.375. The van der Waals surface area contributed by atoms with Crippen LogP contribution in [0.5, 0.6) is 0 Å². The zero-order valence-corrected chi connectivity index (χ0v) is 7.86. The van der Waals surface area contributed by atoms with Crippen molar-refractivity contribution in [2.75, 3.05) is 0 Å². The highest BCUT2D eigenvalue weighted by Crippen LogP contribution is 2.29. The molecule has 0 bridgehead atoms. The summed E-state index contributed by atoms with van der Waals surface area (Å²) < 4.78 is 36.7. The normalized spacial score (nSPS) is 11.8. The van der Waals surface area contributed by atoms with Crippen molar-refractivity contribution < 1.29 is 13.2 Å². The molecule has 0 unspecified atom stereocenters. The van der Waals surface area contributed by atoms with Crippen molar-refractivity contribution in [2.45, 2.75) is 18.6 Å².